The molecule has 0 saturated carbocycles. The number of nitrogens with one attached hydrogen (secondary N) is 3. The van der Waals surface area contributed by atoms with Gasteiger partial charge in [0.2, 0.25) is 0 Å². The van der Waals surface area contributed by atoms with E-state index in [1.54, 1.807) is 19.9 Å². The standard InChI is InChI=1S/C24H25FN4O6/c1-12-19(10-17-16-9-14(25)3-4-18(16)27-22(17)30)26-13(2)21(12)35-24(32)28-20-11-34-29(23(20)31)15-5-7-33-8-6-15/h3-4,9-10,15,20,26H,5-8,11H2,1-2H3,(H,27,30)(H,28,32)/b17-10-/t20-/m1/s1. The highest BCUT2D eigenvalue weighted by Crippen LogP contribution is 2.35. The lowest BCUT2D eigenvalue weighted by atomic mass is 10.0. The van der Waals surface area contributed by atoms with Crippen LogP contribution in [0.3, 0.4) is 0 Å². The zero-order valence-corrected chi connectivity index (χ0v) is 19.3. The lowest BCUT2D eigenvalue weighted by molar-refractivity contribution is -0.181. The van der Waals surface area contributed by atoms with Gasteiger partial charge in [0.1, 0.15) is 18.5 Å². The van der Waals surface area contributed by atoms with Gasteiger partial charge in [0.25, 0.3) is 11.8 Å². The van der Waals surface area contributed by atoms with Crippen LogP contribution in [0, 0.1) is 19.7 Å². The normalized spacial score (nSPS) is 21.4. The number of hydrogen-bond acceptors (Lipinski definition) is 6. The predicted octanol–water partition coefficient (Wildman–Crippen LogP) is 2.67. The number of carbonyl (C=O) groups is 3. The van der Waals surface area contributed by atoms with Gasteiger partial charge in [-0.3, -0.25) is 14.4 Å². The van der Waals surface area contributed by atoms with E-state index in [9.17, 15) is 18.8 Å². The molecular weight excluding hydrogens is 459 g/mol. The Balaban J connectivity index is 1.28. The molecule has 2 saturated heterocycles. The first kappa shape index (κ1) is 23.1. The minimum Gasteiger partial charge on any atom is -0.408 e. The number of anilines is 1. The van der Waals surface area contributed by atoms with Crippen LogP contribution in [0.25, 0.3) is 11.6 Å². The number of aryl methyl sites for hydroxylation is 1. The lowest BCUT2D eigenvalue weighted by Crippen LogP contribution is -2.47. The van der Waals surface area contributed by atoms with E-state index < -0.39 is 18.0 Å². The summed E-state index contributed by atoms with van der Waals surface area (Å²) in [4.78, 5) is 46.3. The van der Waals surface area contributed by atoms with E-state index in [0.29, 0.717) is 59.8 Å². The van der Waals surface area contributed by atoms with Crippen LogP contribution in [0.1, 0.15) is 35.4 Å². The van der Waals surface area contributed by atoms with Gasteiger partial charge < -0.3 is 25.1 Å². The van der Waals surface area contributed by atoms with Crippen molar-refractivity contribution in [1.82, 2.24) is 15.4 Å². The smallest absolute Gasteiger partial charge is 0.408 e. The van der Waals surface area contributed by atoms with E-state index in [0.717, 1.165) is 0 Å². The molecule has 11 heteroatoms. The van der Waals surface area contributed by atoms with Gasteiger partial charge in [-0.05, 0) is 51.0 Å². The molecule has 2 fully saturated rings. The average molecular weight is 484 g/mol. The number of nitrogens with zero attached hydrogens (tertiary/aromatic N) is 1. The summed E-state index contributed by atoms with van der Waals surface area (Å²) in [6.45, 7) is 4.60. The van der Waals surface area contributed by atoms with Crippen molar-refractivity contribution >= 4 is 35.2 Å². The van der Waals surface area contributed by atoms with E-state index in [4.69, 9.17) is 14.3 Å². The van der Waals surface area contributed by atoms with Crippen molar-refractivity contribution in [2.24, 2.45) is 0 Å². The zero-order chi connectivity index (χ0) is 24.7. The summed E-state index contributed by atoms with van der Waals surface area (Å²) >= 11 is 0. The molecule has 2 aromatic rings. The number of benzene rings is 1. The van der Waals surface area contributed by atoms with E-state index in [2.05, 4.69) is 15.6 Å². The topological polar surface area (TPSA) is 122 Å². The highest BCUT2D eigenvalue weighted by molar-refractivity contribution is 6.34. The van der Waals surface area contributed by atoms with Crippen LogP contribution in [0.2, 0.25) is 0 Å². The number of ether oxygens (including phenoxy) is 2. The SMILES string of the molecule is Cc1[nH]c(/C=C2\C(=O)Nc3ccc(F)cc32)c(C)c1OC(=O)N[C@@H]1CON(C2CCOCC2)C1=O. The van der Waals surface area contributed by atoms with Gasteiger partial charge in [-0.15, -0.1) is 0 Å². The van der Waals surface area contributed by atoms with Crippen molar-refractivity contribution in [3.63, 3.8) is 0 Å². The first-order chi connectivity index (χ1) is 16.8. The van der Waals surface area contributed by atoms with E-state index >= 15 is 0 Å². The molecule has 5 rings (SSSR count). The molecule has 3 aliphatic rings. The van der Waals surface area contributed by atoms with Crippen LogP contribution in [-0.2, 0) is 19.2 Å². The van der Waals surface area contributed by atoms with Crippen molar-refractivity contribution in [3.8, 4) is 5.75 Å². The Morgan fingerprint density at radius 2 is 2.03 bits per heavy atom. The second-order valence-corrected chi connectivity index (χ2v) is 8.71. The van der Waals surface area contributed by atoms with Gasteiger partial charge in [0, 0.05) is 35.7 Å². The quantitative estimate of drug-likeness (QED) is 0.574. The monoisotopic (exact) mass is 484 g/mol. The van der Waals surface area contributed by atoms with Crippen molar-refractivity contribution in [1.29, 1.82) is 0 Å². The van der Waals surface area contributed by atoms with Crippen molar-refractivity contribution < 1.29 is 33.1 Å². The number of carbonyl (C=O) groups excluding carboxylic acids is 3. The van der Waals surface area contributed by atoms with Gasteiger partial charge in [-0.25, -0.2) is 14.2 Å². The fraction of sp³-hybridized carbons (Fsp3) is 0.375. The van der Waals surface area contributed by atoms with E-state index in [1.165, 1.54) is 23.3 Å². The number of H-pyrrole nitrogens is 1. The number of aromatic amines is 1. The maximum Gasteiger partial charge on any atom is 0.413 e. The van der Waals surface area contributed by atoms with Gasteiger partial charge in [0.05, 0.1) is 17.3 Å². The average Bonchev–Trinajstić information content (AvgIpc) is 3.44. The van der Waals surface area contributed by atoms with Crippen LogP contribution >= 0.6 is 0 Å². The van der Waals surface area contributed by atoms with Crippen LogP contribution < -0.4 is 15.4 Å². The molecule has 35 heavy (non-hydrogen) atoms. The molecule has 0 radical (unpaired) electrons. The molecule has 184 valence electrons. The number of rotatable bonds is 4. The number of hydroxylamine groups is 2. The van der Waals surface area contributed by atoms with Gasteiger partial charge in [-0.2, -0.15) is 0 Å². The number of amides is 3. The molecule has 3 amide bonds. The Morgan fingerprint density at radius 3 is 2.80 bits per heavy atom. The Bertz CT molecular complexity index is 1230. The Kier molecular flexibility index (Phi) is 6.03. The predicted molar refractivity (Wildman–Crippen MR) is 123 cm³/mol. The highest BCUT2D eigenvalue weighted by atomic mass is 19.1. The summed E-state index contributed by atoms with van der Waals surface area (Å²) in [6, 6.07) is 3.15. The van der Waals surface area contributed by atoms with Crippen molar-refractivity contribution in [3.05, 3.63) is 46.5 Å². The molecule has 3 N–H and O–H groups in total. The first-order valence-electron chi connectivity index (χ1n) is 11.4. The lowest BCUT2D eigenvalue weighted by Gasteiger charge is -2.29. The molecule has 0 bridgehead atoms. The number of hydrogen-bond donors (Lipinski definition) is 3. The Hall–Kier alpha value is -3.70. The van der Waals surface area contributed by atoms with Gasteiger partial charge in [0.15, 0.2) is 5.75 Å². The molecule has 0 spiro atoms. The molecule has 0 aliphatic carbocycles. The zero-order valence-electron chi connectivity index (χ0n) is 19.3. The molecule has 3 aliphatic heterocycles. The minimum atomic E-state index is -0.847. The summed E-state index contributed by atoms with van der Waals surface area (Å²) in [5, 5.41) is 6.60. The van der Waals surface area contributed by atoms with E-state index in [-0.39, 0.29) is 30.2 Å². The molecule has 1 aromatic carbocycles. The number of aromatic nitrogens is 1. The molecule has 4 heterocycles. The Morgan fingerprint density at radius 1 is 1.26 bits per heavy atom. The summed E-state index contributed by atoms with van der Waals surface area (Å²) in [5.41, 5.74) is 2.95. The highest BCUT2D eigenvalue weighted by Gasteiger charge is 2.39. The Labute approximate surface area is 200 Å². The molecule has 0 unspecified atom stereocenters. The van der Waals surface area contributed by atoms with Crippen LogP contribution in [-0.4, -0.2) is 59.9 Å². The minimum absolute atomic E-state index is 0.0266. The van der Waals surface area contributed by atoms with Gasteiger partial charge >= 0.3 is 6.09 Å². The van der Waals surface area contributed by atoms with Crippen LogP contribution in [0.5, 0.6) is 5.75 Å². The van der Waals surface area contributed by atoms with Gasteiger partial charge in [-0.1, -0.05) is 0 Å². The number of fused-ring (bicyclic) bond motifs is 1. The van der Waals surface area contributed by atoms with Crippen LogP contribution in [0.4, 0.5) is 14.9 Å². The third-order valence-electron chi connectivity index (χ3n) is 6.37. The van der Waals surface area contributed by atoms with Crippen molar-refractivity contribution in [2.45, 2.75) is 38.8 Å². The summed E-state index contributed by atoms with van der Waals surface area (Å²) in [5.74, 6) is -0.849. The third-order valence-corrected chi connectivity index (χ3v) is 6.37. The molecule has 10 nitrogen and oxygen atoms in total. The maximum atomic E-state index is 13.7. The maximum absolute atomic E-state index is 13.7. The fourth-order valence-corrected chi connectivity index (χ4v) is 4.52. The summed E-state index contributed by atoms with van der Waals surface area (Å²) in [7, 11) is 0. The van der Waals surface area contributed by atoms with E-state index in [1.807, 2.05) is 0 Å². The largest absolute Gasteiger partial charge is 0.413 e. The number of halogens is 1. The van der Waals surface area contributed by atoms with Crippen LogP contribution in [0.15, 0.2) is 18.2 Å². The molecule has 1 aromatic heterocycles. The second-order valence-electron chi connectivity index (χ2n) is 8.71. The fourth-order valence-electron chi connectivity index (χ4n) is 4.52. The third kappa shape index (κ3) is 4.40. The second kappa shape index (κ2) is 9.16. The summed E-state index contributed by atoms with van der Waals surface area (Å²) in [6.07, 6.45) is 2.15. The first-order valence-corrected chi connectivity index (χ1v) is 11.4. The summed E-state index contributed by atoms with van der Waals surface area (Å²) < 4.78 is 24.6. The molecular formula is C24H25FN4O6. The van der Waals surface area contributed by atoms with Crippen molar-refractivity contribution in [2.75, 3.05) is 25.1 Å². The molecule has 1 atom stereocenters.